The normalized spacial score (nSPS) is 12.7. The van der Waals surface area contributed by atoms with Crippen LogP contribution < -0.4 is 11.1 Å². The van der Waals surface area contributed by atoms with Crippen molar-refractivity contribution >= 4 is 11.5 Å². The van der Waals surface area contributed by atoms with Gasteiger partial charge in [-0.2, -0.15) is 5.10 Å². The Balaban J connectivity index is 2.66. The van der Waals surface area contributed by atoms with Crippen molar-refractivity contribution in [2.75, 3.05) is 24.2 Å². The van der Waals surface area contributed by atoms with Gasteiger partial charge in [-0.3, -0.25) is 0 Å². The fourth-order valence-electron chi connectivity index (χ4n) is 2.19. The molecule has 1 aromatic rings. The van der Waals surface area contributed by atoms with E-state index in [1.165, 1.54) is 0 Å². The second-order valence-electron chi connectivity index (χ2n) is 4.71. The van der Waals surface area contributed by atoms with Gasteiger partial charge in [0.15, 0.2) is 0 Å². The number of aromatic nitrogens is 2. The number of nitrogens with one attached hydrogen (secondary N) is 1. The molecule has 0 bridgehead atoms. The zero-order valence-electron chi connectivity index (χ0n) is 11.7. The first kappa shape index (κ1) is 14.8. The minimum Gasteiger partial charge on any atom is -0.396 e. The Morgan fingerprint density at radius 3 is 2.67 bits per heavy atom. The first-order valence-corrected chi connectivity index (χ1v) is 6.81. The van der Waals surface area contributed by atoms with Gasteiger partial charge in [0.2, 0.25) is 0 Å². The molecule has 0 aliphatic rings. The molecule has 5 nitrogen and oxygen atoms in total. The van der Waals surface area contributed by atoms with Crippen LogP contribution in [0, 0.1) is 12.8 Å². The zero-order valence-corrected chi connectivity index (χ0v) is 11.7. The molecule has 4 N–H and O–H groups in total. The van der Waals surface area contributed by atoms with E-state index in [2.05, 4.69) is 17.3 Å². The second-order valence-corrected chi connectivity index (χ2v) is 4.71. The Bertz CT molecular complexity index is 356. The third-order valence-corrected chi connectivity index (χ3v) is 3.27. The van der Waals surface area contributed by atoms with Crippen LogP contribution in [0.25, 0.3) is 0 Å². The van der Waals surface area contributed by atoms with Gasteiger partial charge in [-0.25, -0.2) is 4.68 Å². The Kier molecular flexibility index (Phi) is 5.98. The summed E-state index contributed by atoms with van der Waals surface area (Å²) in [4.78, 5) is 0. The van der Waals surface area contributed by atoms with Crippen LogP contribution in [0.4, 0.5) is 11.5 Å². The van der Waals surface area contributed by atoms with Crippen molar-refractivity contribution in [1.29, 1.82) is 0 Å². The Hall–Kier alpha value is -1.23. The number of rotatable bonds is 8. The fraction of sp³-hybridized carbons (Fsp3) is 0.769. The lowest BCUT2D eigenvalue weighted by Crippen LogP contribution is -2.18. The summed E-state index contributed by atoms with van der Waals surface area (Å²) < 4.78 is 1.90. The Morgan fingerprint density at radius 1 is 1.39 bits per heavy atom. The molecule has 0 aromatic carbocycles. The van der Waals surface area contributed by atoms with E-state index in [4.69, 9.17) is 10.8 Å². The molecule has 1 heterocycles. The van der Waals surface area contributed by atoms with Crippen molar-refractivity contribution in [1.82, 2.24) is 9.78 Å². The number of aliphatic hydroxyl groups excluding tert-OH is 1. The van der Waals surface area contributed by atoms with E-state index < -0.39 is 0 Å². The fourth-order valence-corrected chi connectivity index (χ4v) is 2.19. The van der Waals surface area contributed by atoms with Crippen LogP contribution in [0.3, 0.4) is 0 Å². The number of anilines is 2. The maximum absolute atomic E-state index is 9.05. The van der Waals surface area contributed by atoms with Gasteiger partial charge in [-0.15, -0.1) is 0 Å². The third-order valence-electron chi connectivity index (χ3n) is 3.27. The van der Waals surface area contributed by atoms with E-state index in [9.17, 15) is 0 Å². The molecule has 1 aromatic heterocycles. The van der Waals surface area contributed by atoms with Gasteiger partial charge in [0.25, 0.3) is 0 Å². The molecule has 0 aliphatic carbocycles. The van der Waals surface area contributed by atoms with E-state index in [1.807, 2.05) is 18.5 Å². The highest BCUT2D eigenvalue weighted by atomic mass is 16.3. The lowest BCUT2D eigenvalue weighted by atomic mass is 10.0. The molecular weight excluding hydrogens is 228 g/mol. The predicted octanol–water partition coefficient (Wildman–Crippen LogP) is 2.00. The Morgan fingerprint density at radius 2 is 2.11 bits per heavy atom. The van der Waals surface area contributed by atoms with Crippen LogP contribution in [-0.2, 0) is 6.54 Å². The number of nitrogens with zero attached hydrogens (tertiary/aromatic N) is 2. The Labute approximate surface area is 109 Å². The largest absolute Gasteiger partial charge is 0.396 e. The molecule has 1 unspecified atom stereocenters. The summed E-state index contributed by atoms with van der Waals surface area (Å²) in [6.45, 7) is 8.02. The molecule has 0 saturated carbocycles. The van der Waals surface area contributed by atoms with Crippen molar-refractivity contribution in [2.24, 2.45) is 5.92 Å². The van der Waals surface area contributed by atoms with Crippen LogP contribution in [0.5, 0.6) is 0 Å². The van der Waals surface area contributed by atoms with Crippen molar-refractivity contribution < 1.29 is 5.11 Å². The van der Waals surface area contributed by atoms with Crippen LogP contribution in [0.2, 0.25) is 0 Å². The third kappa shape index (κ3) is 3.63. The molecule has 5 heteroatoms. The summed E-state index contributed by atoms with van der Waals surface area (Å²) in [6, 6.07) is 0. The smallest absolute Gasteiger partial charge is 0.148 e. The molecule has 0 amide bonds. The summed E-state index contributed by atoms with van der Waals surface area (Å²) in [5.74, 6) is 1.40. The van der Waals surface area contributed by atoms with Crippen LogP contribution in [0.15, 0.2) is 0 Å². The topological polar surface area (TPSA) is 76.1 Å². The summed E-state index contributed by atoms with van der Waals surface area (Å²) in [5, 5.41) is 16.8. The molecule has 0 spiro atoms. The van der Waals surface area contributed by atoms with Gasteiger partial charge in [0, 0.05) is 19.7 Å². The first-order valence-electron chi connectivity index (χ1n) is 6.81. The van der Waals surface area contributed by atoms with E-state index >= 15 is 0 Å². The molecule has 0 saturated heterocycles. The highest BCUT2D eigenvalue weighted by Gasteiger charge is 2.13. The van der Waals surface area contributed by atoms with Crippen molar-refractivity contribution in [3.8, 4) is 0 Å². The monoisotopic (exact) mass is 254 g/mol. The second kappa shape index (κ2) is 7.26. The van der Waals surface area contributed by atoms with E-state index in [0.717, 1.165) is 49.6 Å². The number of nitrogen functional groups attached to an aromatic ring is 1. The summed E-state index contributed by atoms with van der Waals surface area (Å²) in [7, 11) is 0. The van der Waals surface area contributed by atoms with Crippen LogP contribution in [0.1, 0.15) is 38.8 Å². The first-order chi connectivity index (χ1) is 8.63. The van der Waals surface area contributed by atoms with Crippen LogP contribution in [-0.4, -0.2) is 28.0 Å². The number of hydrogen-bond acceptors (Lipinski definition) is 4. The molecule has 0 radical (unpaired) electrons. The SMILES string of the molecule is CCCC(CCO)CNc1c(N)c(C)nn1CC. The van der Waals surface area contributed by atoms with Gasteiger partial charge in [0.1, 0.15) is 5.82 Å². The number of aliphatic hydroxyl groups is 1. The standard InChI is InChI=1S/C13H26N4O/c1-4-6-11(7-8-18)9-15-13-12(14)10(3)16-17(13)5-2/h11,15,18H,4-9,14H2,1-3H3. The zero-order chi connectivity index (χ0) is 13.5. The van der Waals surface area contributed by atoms with Crippen molar-refractivity contribution in [3.63, 3.8) is 0 Å². The molecule has 0 aliphatic heterocycles. The van der Waals surface area contributed by atoms with Crippen molar-refractivity contribution in [3.05, 3.63) is 5.69 Å². The minimum atomic E-state index is 0.244. The highest BCUT2D eigenvalue weighted by molar-refractivity contribution is 5.64. The number of nitrogens with two attached hydrogens (primary N) is 1. The van der Waals surface area contributed by atoms with Gasteiger partial charge >= 0.3 is 0 Å². The molecule has 18 heavy (non-hydrogen) atoms. The van der Waals surface area contributed by atoms with Gasteiger partial charge in [-0.1, -0.05) is 13.3 Å². The van der Waals surface area contributed by atoms with Gasteiger partial charge in [0.05, 0.1) is 11.4 Å². The molecule has 104 valence electrons. The molecule has 1 rings (SSSR count). The maximum atomic E-state index is 9.05. The lowest BCUT2D eigenvalue weighted by molar-refractivity contribution is 0.255. The average Bonchev–Trinajstić information content (AvgIpc) is 2.63. The van der Waals surface area contributed by atoms with Gasteiger partial charge < -0.3 is 16.2 Å². The quantitative estimate of drug-likeness (QED) is 0.663. The maximum Gasteiger partial charge on any atom is 0.148 e. The predicted molar refractivity (Wildman–Crippen MR) is 75.6 cm³/mol. The number of aryl methyl sites for hydroxylation is 2. The van der Waals surface area contributed by atoms with E-state index in [0.29, 0.717) is 5.92 Å². The summed E-state index contributed by atoms with van der Waals surface area (Å²) >= 11 is 0. The average molecular weight is 254 g/mol. The van der Waals surface area contributed by atoms with E-state index in [-0.39, 0.29) is 6.61 Å². The van der Waals surface area contributed by atoms with Crippen LogP contribution >= 0.6 is 0 Å². The summed E-state index contributed by atoms with van der Waals surface area (Å²) in [5.41, 5.74) is 7.62. The summed E-state index contributed by atoms with van der Waals surface area (Å²) in [6.07, 6.45) is 3.08. The molecular formula is C13H26N4O. The van der Waals surface area contributed by atoms with E-state index in [1.54, 1.807) is 0 Å². The molecule has 0 fully saturated rings. The lowest BCUT2D eigenvalue weighted by Gasteiger charge is -2.17. The molecule has 1 atom stereocenters. The van der Waals surface area contributed by atoms with Crippen molar-refractivity contribution in [2.45, 2.75) is 46.6 Å². The van der Waals surface area contributed by atoms with Gasteiger partial charge in [-0.05, 0) is 32.6 Å². The number of hydrogen-bond donors (Lipinski definition) is 3. The highest BCUT2D eigenvalue weighted by Crippen LogP contribution is 2.23. The minimum absolute atomic E-state index is 0.244.